The largest absolute Gasteiger partial charge is 0.381 e. The maximum absolute atomic E-state index is 12.1. The zero-order valence-corrected chi connectivity index (χ0v) is 14.8. The number of hydrogen-bond acceptors (Lipinski definition) is 6. The zero-order chi connectivity index (χ0) is 16.2. The molecule has 1 saturated heterocycles. The Morgan fingerprint density at radius 1 is 1.35 bits per heavy atom. The van der Waals surface area contributed by atoms with Crippen LogP contribution in [0.4, 0.5) is 11.8 Å². The molecule has 23 heavy (non-hydrogen) atoms. The first-order valence-corrected chi connectivity index (χ1v) is 9.83. The number of nitrogens with zero attached hydrogens (tertiary/aromatic N) is 3. The molecule has 7 heteroatoms. The first-order valence-electron chi connectivity index (χ1n) is 8.51. The molecule has 128 valence electrons. The van der Waals surface area contributed by atoms with E-state index >= 15 is 0 Å². The highest BCUT2D eigenvalue weighted by Gasteiger charge is 2.26. The van der Waals surface area contributed by atoms with E-state index in [2.05, 4.69) is 20.2 Å². The van der Waals surface area contributed by atoms with Crippen molar-refractivity contribution in [3.05, 3.63) is 5.69 Å². The van der Waals surface area contributed by atoms with Crippen LogP contribution >= 0.6 is 0 Å². The Morgan fingerprint density at radius 3 is 2.87 bits per heavy atom. The molecule has 1 fully saturated rings. The van der Waals surface area contributed by atoms with E-state index < -0.39 is 10.8 Å². The molecule has 0 spiro atoms. The van der Waals surface area contributed by atoms with Gasteiger partial charge in [0.2, 0.25) is 5.95 Å². The Morgan fingerprint density at radius 2 is 2.13 bits per heavy atom. The Bertz CT molecular complexity index is 575. The van der Waals surface area contributed by atoms with Crippen molar-refractivity contribution in [1.29, 1.82) is 0 Å². The van der Waals surface area contributed by atoms with E-state index in [1.54, 1.807) is 0 Å². The molecule has 0 radical (unpaired) electrons. The van der Waals surface area contributed by atoms with Crippen molar-refractivity contribution < 1.29 is 8.95 Å². The Labute approximate surface area is 140 Å². The van der Waals surface area contributed by atoms with Gasteiger partial charge < -0.3 is 15.0 Å². The second-order valence-electron chi connectivity index (χ2n) is 6.24. The lowest BCUT2D eigenvalue weighted by Gasteiger charge is -2.25. The zero-order valence-electron chi connectivity index (χ0n) is 14.0. The van der Waals surface area contributed by atoms with Gasteiger partial charge in [0.15, 0.2) is 0 Å². The molecule has 1 atom stereocenters. The smallest absolute Gasteiger partial charge is 0.227 e. The van der Waals surface area contributed by atoms with E-state index in [1.165, 1.54) is 0 Å². The van der Waals surface area contributed by atoms with Crippen LogP contribution in [-0.4, -0.2) is 53.3 Å². The van der Waals surface area contributed by atoms with Gasteiger partial charge in [-0.1, -0.05) is 0 Å². The number of ether oxygens (including phenoxy) is 1. The molecule has 3 rings (SSSR count). The van der Waals surface area contributed by atoms with Crippen LogP contribution < -0.4 is 10.2 Å². The van der Waals surface area contributed by atoms with Crippen LogP contribution in [0.3, 0.4) is 0 Å². The molecule has 0 aliphatic carbocycles. The summed E-state index contributed by atoms with van der Waals surface area (Å²) in [7, 11) is 1.08. The number of aryl methyl sites for hydroxylation is 1. The maximum atomic E-state index is 12.1. The van der Waals surface area contributed by atoms with Crippen LogP contribution in [0.15, 0.2) is 4.90 Å². The Balaban J connectivity index is 1.71. The monoisotopic (exact) mass is 338 g/mol. The van der Waals surface area contributed by atoms with E-state index in [9.17, 15) is 4.21 Å². The second-order valence-corrected chi connectivity index (χ2v) is 7.75. The molecule has 3 heterocycles. The highest BCUT2D eigenvalue weighted by Crippen LogP contribution is 2.29. The van der Waals surface area contributed by atoms with Gasteiger partial charge in [-0.2, -0.15) is 4.98 Å². The summed E-state index contributed by atoms with van der Waals surface area (Å²) in [6.07, 6.45) is 4.23. The topological polar surface area (TPSA) is 67.3 Å². The highest BCUT2D eigenvalue weighted by atomic mass is 32.2. The van der Waals surface area contributed by atoms with Crippen molar-refractivity contribution in [2.45, 2.75) is 37.5 Å². The van der Waals surface area contributed by atoms with Gasteiger partial charge in [0, 0.05) is 45.5 Å². The molecule has 0 saturated carbocycles. The Kier molecular flexibility index (Phi) is 5.48. The predicted octanol–water partition coefficient (Wildman–Crippen LogP) is 1.82. The fourth-order valence-corrected chi connectivity index (χ4v) is 4.48. The molecule has 2 aliphatic heterocycles. The first kappa shape index (κ1) is 16.6. The maximum Gasteiger partial charge on any atom is 0.227 e. The summed E-state index contributed by atoms with van der Waals surface area (Å²) in [5, 5.41) is 3.25. The second kappa shape index (κ2) is 7.57. The number of anilines is 2. The third-order valence-corrected chi connectivity index (χ3v) is 6.03. The average Bonchev–Trinajstić information content (AvgIpc) is 2.95. The summed E-state index contributed by atoms with van der Waals surface area (Å²) >= 11 is 0. The summed E-state index contributed by atoms with van der Waals surface area (Å²) in [6.45, 7) is 5.52. The fourth-order valence-electron chi connectivity index (χ4n) is 3.15. The van der Waals surface area contributed by atoms with Crippen molar-refractivity contribution in [2.24, 2.45) is 5.92 Å². The standard InChI is InChI=1S/C16H26N4O2S/c1-3-17-15-14-13(7-11-23(14)21)18-16(19-15)20(2)8-4-12-5-9-22-10-6-12/h12H,3-11H2,1-2H3,(H,17,18,19). The van der Waals surface area contributed by atoms with Gasteiger partial charge in [0.25, 0.3) is 0 Å². The van der Waals surface area contributed by atoms with E-state index in [1.807, 2.05) is 14.0 Å². The van der Waals surface area contributed by atoms with Crippen LogP contribution in [0.2, 0.25) is 0 Å². The Hall–Kier alpha value is -1.21. The lowest BCUT2D eigenvalue weighted by Crippen LogP contribution is -2.26. The number of fused-ring (bicyclic) bond motifs is 1. The van der Waals surface area contributed by atoms with Gasteiger partial charge in [-0.15, -0.1) is 0 Å². The third kappa shape index (κ3) is 3.83. The van der Waals surface area contributed by atoms with Gasteiger partial charge in [0.1, 0.15) is 10.7 Å². The molecule has 1 N–H and O–H groups in total. The van der Waals surface area contributed by atoms with Crippen molar-refractivity contribution in [3.8, 4) is 0 Å². The number of aromatic nitrogens is 2. The van der Waals surface area contributed by atoms with Crippen molar-refractivity contribution >= 4 is 22.6 Å². The van der Waals surface area contributed by atoms with Crippen LogP contribution in [0.5, 0.6) is 0 Å². The molecule has 0 aromatic carbocycles. The first-order chi connectivity index (χ1) is 11.2. The summed E-state index contributed by atoms with van der Waals surface area (Å²) in [5.74, 6) is 2.89. The quantitative estimate of drug-likeness (QED) is 0.853. The summed E-state index contributed by atoms with van der Waals surface area (Å²) in [6, 6.07) is 0. The van der Waals surface area contributed by atoms with Gasteiger partial charge >= 0.3 is 0 Å². The van der Waals surface area contributed by atoms with E-state index in [0.29, 0.717) is 5.75 Å². The van der Waals surface area contributed by atoms with Gasteiger partial charge in [-0.05, 0) is 32.1 Å². The molecule has 0 bridgehead atoms. The minimum absolute atomic E-state index is 0.664. The lowest BCUT2D eigenvalue weighted by molar-refractivity contribution is 0.0645. The van der Waals surface area contributed by atoms with Gasteiger partial charge in [-0.25, -0.2) is 4.98 Å². The SMILES string of the molecule is CCNc1nc(N(C)CCC2CCOCC2)nc2c1S(=O)CC2. The minimum atomic E-state index is -0.960. The van der Waals surface area contributed by atoms with Crippen LogP contribution in [-0.2, 0) is 22.0 Å². The molecular weight excluding hydrogens is 312 g/mol. The number of hydrogen-bond donors (Lipinski definition) is 1. The van der Waals surface area contributed by atoms with Crippen LogP contribution in [0.1, 0.15) is 31.9 Å². The molecule has 1 aromatic heterocycles. The minimum Gasteiger partial charge on any atom is -0.381 e. The lowest BCUT2D eigenvalue weighted by atomic mass is 9.96. The molecule has 1 aromatic rings. The summed E-state index contributed by atoms with van der Waals surface area (Å²) in [4.78, 5) is 12.2. The van der Waals surface area contributed by atoms with Crippen molar-refractivity contribution in [1.82, 2.24) is 9.97 Å². The molecule has 1 unspecified atom stereocenters. The number of nitrogens with one attached hydrogen (secondary N) is 1. The van der Waals surface area contributed by atoms with E-state index in [-0.39, 0.29) is 0 Å². The van der Waals surface area contributed by atoms with E-state index in [4.69, 9.17) is 4.74 Å². The van der Waals surface area contributed by atoms with Crippen LogP contribution in [0.25, 0.3) is 0 Å². The van der Waals surface area contributed by atoms with E-state index in [0.717, 1.165) is 80.3 Å². The van der Waals surface area contributed by atoms with Gasteiger partial charge in [-0.3, -0.25) is 4.21 Å². The summed E-state index contributed by atoms with van der Waals surface area (Å²) < 4.78 is 17.6. The van der Waals surface area contributed by atoms with Crippen molar-refractivity contribution in [3.63, 3.8) is 0 Å². The summed E-state index contributed by atoms with van der Waals surface area (Å²) in [5.41, 5.74) is 0.946. The normalized spacial score (nSPS) is 21.2. The van der Waals surface area contributed by atoms with Crippen LogP contribution in [0, 0.1) is 5.92 Å². The highest BCUT2D eigenvalue weighted by molar-refractivity contribution is 7.85. The van der Waals surface area contributed by atoms with Crippen molar-refractivity contribution in [2.75, 3.05) is 49.3 Å². The van der Waals surface area contributed by atoms with Gasteiger partial charge in [0.05, 0.1) is 16.5 Å². The molecule has 2 aliphatic rings. The molecule has 6 nitrogen and oxygen atoms in total. The predicted molar refractivity (Wildman–Crippen MR) is 92.6 cm³/mol. The third-order valence-electron chi connectivity index (χ3n) is 4.58. The fraction of sp³-hybridized carbons (Fsp3) is 0.750. The number of rotatable bonds is 6. The molecular formula is C16H26N4O2S. The molecule has 0 amide bonds. The average molecular weight is 338 g/mol.